The molecule has 2 heteroatoms. The number of benzene rings is 8. The highest BCUT2D eigenvalue weighted by molar-refractivity contribution is 6.08. The summed E-state index contributed by atoms with van der Waals surface area (Å²) in [5, 5.41) is 7.58. The van der Waals surface area contributed by atoms with Gasteiger partial charge in [0.2, 0.25) is 0 Å². The Balaban J connectivity index is 1.07. The Morgan fingerprint density at radius 1 is 0.415 bits per heavy atom. The molecule has 0 aliphatic heterocycles. The van der Waals surface area contributed by atoms with Crippen LogP contribution < -0.4 is 4.90 Å². The van der Waals surface area contributed by atoms with Gasteiger partial charge in [-0.15, -0.1) is 0 Å². The Morgan fingerprint density at radius 2 is 1.06 bits per heavy atom. The zero-order chi connectivity index (χ0) is 35.8. The molecule has 0 radical (unpaired) electrons. The second-order valence-corrected chi connectivity index (χ2v) is 16.2. The van der Waals surface area contributed by atoms with E-state index >= 15 is 0 Å². The number of nitrogens with zero attached hydrogens (tertiary/aromatic N) is 1. The first-order valence-corrected chi connectivity index (χ1v) is 18.8. The van der Waals surface area contributed by atoms with Gasteiger partial charge >= 0.3 is 0 Å². The molecule has 2 aliphatic rings. The summed E-state index contributed by atoms with van der Waals surface area (Å²) >= 11 is 0. The quantitative estimate of drug-likeness (QED) is 0.185. The van der Waals surface area contributed by atoms with Crippen molar-refractivity contribution in [1.29, 1.82) is 0 Å². The number of aryl methyl sites for hydroxylation is 1. The van der Waals surface area contributed by atoms with E-state index in [-0.39, 0.29) is 10.8 Å². The van der Waals surface area contributed by atoms with Crippen LogP contribution in [0.3, 0.4) is 0 Å². The van der Waals surface area contributed by atoms with Gasteiger partial charge in [-0.3, -0.25) is 0 Å². The molecule has 11 rings (SSSR count). The minimum Gasteiger partial charge on any atom is -0.456 e. The van der Waals surface area contributed by atoms with Gasteiger partial charge in [-0.05, 0) is 133 Å². The maximum absolute atomic E-state index is 6.36. The lowest BCUT2D eigenvalue weighted by Crippen LogP contribution is -2.17. The van der Waals surface area contributed by atoms with Crippen molar-refractivity contribution in [3.8, 4) is 22.3 Å². The molecule has 2 aliphatic carbocycles. The van der Waals surface area contributed by atoms with E-state index in [4.69, 9.17) is 4.42 Å². The van der Waals surface area contributed by atoms with Crippen LogP contribution >= 0.6 is 0 Å². The van der Waals surface area contributed by atoms with Crippen LogP contribution in [0, 0.1) is 6.92 Å². The molecule has 0 fully saturated rings. The lowest BCUT2D eigenvalue weighted by Gasteiger charge is -2.29. The Labute approximate surface area is 309 Å². The van der Waals surface area contributed by atoms with Gasteiger partial charge in [0, 0.05) is 38.7 Å². The van der Waals surface area contributed by atoms with Crippen molar-refractivity contribution in [2.45, 2.75) is 45.4 Å². The van der Waals surface area contributed by atoms with Crippen molar-refractivity contribution in [3.05, 3.63) is 173 Å². The van der Waals surface area contributed by atoms with E-state index < -0.39 is 0 Å². The van der Waals surface area contributed by atoms with Gasteiger partial charge in [0.1, 0.15) is 11.2 Å². The highest BCUT2D eigenvalue weighted by Gasteiger charge is 2.39. The average molecular weight is 682 g/mol. The zero-order valence-corrected chi connectivity index (χ0v) is 30.7. The van der Waals surface area contributed by atoms with Gasteiger partial charge in [0.05, 0.1) is 0 Å². The van der Waals surface area contributed by atoms with Crippen molar-refractivity contribution in [1.82, 2.24) is 0 Å². The largest absolute Gasteiger partial charge is 0.456 e. The Morgan fingerprint density at radius 3 is 1.87 bits per heavy atom. The van der Waals surface area contributed by atoms with Gasteiger partial charge in [-0.1, -0.05) is 119 Å². The highest BCUT2D eigenvalue weighted by atomic mass is 16.3. The van der Waals surface area contributed by atoms with Crippen LogP contribution in [0.5, 0.6) is 0 Å². The summed E-state index contributed by atoms with van der Waals surface area (Å²) in [6.45, 7) is 11.7. The lowest BCUT2D eigenvalue weighted by molar-refractivity contribution is 0.647. The minimum absolute atomic E-state index is 0.128. The fraction of sp³-hybridized carbons (Fsp3) is 0.137. The number of hydrogen-bond acceptors (Lipinski definition) is 2. The summed E-state index contributed by atoms with van der Waals surface area (Å²) < 4.78 is 6.36. The third-order valence-corrected chi connectivity index (χ3v) is 12.4. The Kier molecular flexibility index (Phi) is 6.03. The van der Waals surface area contributed by atoms with Gasteiger partial charge < -0.3 is 9.32 Å². The van der Waals surface area contributed by atoms with E-state index in [2.05, 4.69) is 179 Å². The predicted molar refractivity (Wildman–Crippen MR) is 223 cm³/mol. The van der Waals surface area contributed by atoms with Gasteiger partial charge in [-0.2, -0.15) is 0 Å². The highest BCUT2D eigenvalue weighted by Crippen LogP contribution is 2.55. The molecule has 0 amide bonds. The molecule has 53 heavy (non-hydrogen) atoms. The van der Waals surface area contributed by atoms with Crippen LogP contribution in [0.15, 0.2) is 150 Å². The van der Waals surface area contributed by atoms with Gasteiger partial charge in [0.15, 0.2) is 0 Å². The summed E-state index contributed by atoms with van der Waals surface area (Å²) in [7, 11) is 0. The number of furan rings is 1. The van der Waals surface area contributed by atoms with E-state index in [0.717, 1.165) is 28.2 Å². The fourth-order valence-electron chi connectivity index (χ4n) is 9.94. The molecule has 9 aromatic rings. The summed E-state index contributed by atoms with van der Waals surface area (Å²) in [6, 6.07) is 54.2. The number of para-hydroxylation sites is 1. The predicted octanol–water partition coefficient (Wildman–Crippen LogP) is 14.3. The Hall–Kier alpha value is -6.12. The van der Waals surface area contributed by atoms with Crippen molar-refractivity contribution >= 4 is 60.5 Å². The van der Waals surface area contributed by atoms with Crippen LogP contribution in [0.4, 0.5) is 17.1 Å². The lowest BCUT2D eigenvalue weighted by atomic mass is 9.78. The molecule has 0 saturated heterocycles. The van der Waals surface area contributed by atoms with Crippen LogP contribution in [-0.4, -0.2) is 0 Å². The third-order valence-electron chi connectivity index (χ3n) is 12.4. The molecule has 0 bridgehead atoms. The van der Waals surface area contributed by atoms with Crippen molar-refractivity contribution < 1.29 is 4.42 Å². The molecule has 0 saturated carbocycles. The third kappa shape index (κ3) is 4.15. The molecular weight excluding hydrogens is 643 g/mol. The van der Waals surface area contributed by atoms with Crippen molar-refractivity contribution in [3.63, 3.8) is 0 Å². The number of anilines is 3. The van der Waals surface area contributed by atoms with Gasteiger partial charge in [0.25, 0.3) is 0 Å². The average Bonchev–Trinajstić information content (AvgIpc) is 3.73. The monoisotopic (exact) mass is 681 g/mol. The van der Waals surface area contributed by atoms with Crippen LogP contribution in [-0.2, 0) is 10.8 Å². The van der Waals surface area contributed by atoms with E-state index in [9.17, 15) is 0 Å². The first-order chi connectivity index (χ1) is 25.7. The second kappa shape index (κ2) is 10.5. The van der Waals surface area contributed by atoms with Crippen molar-refractivity contribution in [2.75, 3.05) is 4.90 Å². The van der Waals surface area contributed by atoms with E-state index in [0.29, 0.717) is 0 Å². The Bertz CT molecular complexity index is 3030. The first kappa shape index (κ1) is 30.5. The van der Waals surface area contributed by atoms with Crippen molar-refractivity contribution in [2.24, 2.45) is 0 Å². The molecule has 2 nitrogen and oxygen atoms in total. The zero-order valence-electron chi connectivity index (χ0n) is 30.7. The minimum atomic E-state index is -0.194. The molecular formula is C51H39NO. The van der Waals surface area contributed by atoms with E-state index in [1.807, 2.05) is 6.07 Å². The van der Waals surface area contributed by atoms with Crippen LogP contribution in [0.1, 0.15) is 55.5 Å². The molecule has 1 aromatic heterocycles. The van der Waals surface area contributed by atoms with Crippen LogP contribution in [0.2, 0.25) is 0 Å². The molecule has 8 aromatic carbocycles. The topological polar surface area (TPSA) is 16.4 Å². The summed E-state index contributed by atoms with van der Waals surface area (Å²) in [5.74, 6) is 0. The maximum atomic E-state index is 6.36. The maximum Gasteiger partial charge on any atom is 0.135 e. The summed E-state index contributed by atoms with van der Waals surface area (Å²) in [5.41, 5.74) is 17.1. The molecule has 0 unspecified atom stereocenters. The standard InChI is InChI=1S/C51H39NO/c1-30-11-10-13-33(25-30)52(35-20-24-38-42-28-43-39-15-8-9-16-46(39)53-47(43)29-45(42)50(2,3)44(38)27-35)34-19-23-37-32(26-34)18-22-41-40-21-17-31-12-6-7-14-36(31)48(40)51(4,5)49(37)41/h6-29H,1-5H3. The number of hydrogen-bond donors (Lipinski definition) is 0. The number of rotatable bonds is 3. The molecule has 0 spiro atoms. The summed E-state index contributed by atoms with van der Waals surface area (Å²) in [4.78, 5) is 2.44. The molecule has 254 valence electrons. The second-order valence-electron chi connectivity index (χ2n) is 16.2. The molecule has 1 heterocycles. The SMILES string of the molecule is Cc1cccc(N(c2ccc3c(c2)C(C)(C)c2cc4oc5ccccc5c4cc2-3)c2ccc3c4c(ccc3c2)-c2ccc3ccccc3c2C4(C)C)c1. The van der Waals surface area contributed by atoms with Gasteiger partial charge in [-0.25, -0.2) is 0 Å². The normalized spacial score (nSPS) is 14.8. The van der Waals surface area contributed by atoms with E-state index in [1.54, 1.807) is 0 Å². The first-order valence-electron chi connectivity index (χ1n) is 18.8. The molecule has 0 N–H and O–H groups in total. The smallest absolute Gasteiger partial charge is 0.135 e. The van der Waals surface area contributed by atoms with E-state index in [1.165, 1.54) is 82.4 Å². The fourth-order valence-corrected chi connectivity index (χ4v) is 9.94. The summed E-state index contributed by atoms with van der Waals surface area (Å²) in [6.07, 6.45) is 0. The van der Waals surface area contributed by atoms with Crippen LogP contribution in [0.25, 0.3) is 65.7 Å². The molecule has 0 atom stereocenters. The number of fused-ring (bicyclic) bond motifs is 13.